The van der Waals surface area contributed by atoms with Gasteiger partial charge in [-0.05, 0) is 31.9 Å². The van der Waals surface area contributed by atoms with Crippen LogP contribution in [0.1, 0.15) is 29.3 Å². The number of benzene rings is 1. The van der Waals surface area contributed by atoms with E-state index in [0.29, 0.717) is 17.7 Å². The van der Waals surface area contributed by atoms with Gasteiger partial charge >= 0.3 is 0 Å². The van der Waals surface area contributed by atoms with Gasteiger partial charge in [-0.15, -0.1) is 0 Å². The number of anilines is 1. The Morgan fingerprint density at radius 3 is 2.68 bits per heavy atom. The Labute approximate surface area is 113 Å². The molecule has 2 rings (SSSR count). The van der Waals surface area contributed by atoms with Gasteiger partial charge in [-0.25, -0.2) is 8.42 Å². The fourth-order valence-electron chi connectivity index (χ4n) is 2.33. The molecule has 0 spiro atoms. The van der Waals surface area contributed by atoms with E-state index in [4.69, 9.17) is 5.73 Å². The maximum atomic E-state index is 12.2. The smallest absolute Gasteiger partial charge is 0.253 e. The highest BCUT2D eigenvalue weighted by molar-refractivity contribution is 7.91. The number of nitrogen functional groups attached to an aromatic ring is 1. The van der Waals surface area contributed by atoms with Crippen LogP contribution in [0.5, 0.6) is 0 Å². The van der Waals surface area contributed by atoms with Crippen LogP contribution in [0.25, 0.3) is 0 Å². The third-order valence-electron chi connectivity index (χ3n) is 3.49. The molecule has 1 aliphatic rings. The van der Waals surface area contributed by atoms with E-state index in [1.54, 1.807) is 19.1 Å². The Bertz CT molecular complexity index is 625. The fourth-order valence-corrected chi connectivity index (χ4v) is 4.42. The molecule has 19 heavy (non-hydrogen) atoms. The first-order valence-electron chi connectivity index (χ1n) is 6.10. The lowest BCUT2D eigenvalue weighted by Gasteiger charge is -2.24. The van der Waals surface area contributed by atoms with E-state index in [1.165, 1.54) is 0 Å². The number of amides is 1. The van der Waals surface area contributed by atoms with Crippen molar-refractivity contribution in [3.8, 4) is 0 Å². The zero-order valence-corrected chi connectivity index (χ0v) is 11.9. The van der Waals surface area contributed by atoms with E-state index in [1.807, 2.05) is 13.0 Å². The van der Waals surface area contributed by atoms with Crippen LogP contribution in [0.15, 0.2) is 18.2 Å². The molecule has 0 bridgehead atoms. The standard InChI is InChI=1S/C13H18N2O3S/c1-9-4-3-5-10(11(9)14)12(16)15-13(2)6-7-19(17,18)8-13/h3-5H,6-8,14H2,1-2H3,(H,15,16). The molecule has 0 aliphatic carbocycles. The van der Waals surface area contributed by atoms with Crippen molar-refractivity contribution in [2.75, 3.05) is 17.2 Å². The first-order chi connectivity index (χ1) is 8.72. The van der Waals surface area contributed by atoms with E-state index < -0.39 is 15.4 Å². The van der Waals surface area contributed by atoms with Gasteiger partial charge in [0.05, 0.1) is 22.6 Å². The van der Waals surface area contributed by atoms with E-state index in [9.17, 15) is 13.2 Å². The van der Waals surface area contributed by atoms with Crippen LogP contribution in [0.3, 0.4) is 0 Å². The van der Waals surface area contributed by atoms with Crippen molar-refractivity contribution >= 4 is 21.4 Å². The lowest BCUT2D eigenvalue weighted by atomic mass is 10.0. The van der Waals surface area contributed by atoms with Crippen molar-refractivity contribution < 1.29 is 13.2 Å². The van der Waals surface area contributed by atoms with Gasteiger partial charge in [-0.3, -0.25) is 4.79 Å². The van der Waals surface area contributed by atoms with E-state index in [-0.39, 0.29) is 17.4 Å². The van der Waals surface area contributed by atoms with Gasteiger partial charge < -0.3 is 11.1 Å². The first kappa shape index (κ1) is 13.9. The van der Waals surface area contributed by atoms with Crippen LogP contribution in [0.2, 0.25) is 0 Å². The summed E-state index contributed by atoms with van der Waals surface area (Å²) in [7, 11) is -3.05. The third kappa shape index (κ3) is 2.89. The first-order valence-corrected chi connectivity index (χ1v) is 7.93. The SMILES string of the molecule is Cc1cccc(C(=O)NC2(C)CCS(=O)(=O)C2)c1N. The molecular formula is C13H18N2O3S. The number of nitrogens with one attached hydrogen (secondary N) is 1. The second-order valence-corrected chi connectivity index (χ2v) is 7.58. The lowest BCUT2D eigenvalue weighted by Crippen LogP contribution is -2.47. The molecule has 1 atom stereocenters. The van der Waals surface area contributed by atoms with Gasteiger partial charge in [-0.2, -0.15) is 0 Å². The lowest BCUT2D eigenvalue weighted by molar-refractivity contribution is 0.0916. The van der Waals surface area contributed by atoms with E-state index >= 15 is 0 Å². The predicted octanol–water partition coefficient (Wildman–Crippen LogP) is 0.884. The molecule has 1 aromatic rings. The number of hydrogen-bond donors (Lipinski definition) is 2. The summed E-state index contributed by atoms with van der Waals surface area (Å²) < 4.78 is 23.0. The van der Waals surface area contributed by atoms with Gasteiger partial charge in [0.2, 0.25) is 0 Å². The third-order valence-corrected chi connectivity index (χ3v) is 5.39. The second-order valence-electron chi connectivity index (χ2n) is 5.39. The monoisotopic (exact) mass is 282 g/mol. The molecule has 1 unspecified atom stereocenters. The van der Waals surface area contributed by atoms with Crippen LogP contribution in [0.4, 0.5) is 5.69 Å². The molecule has 3 N–H and O–H groups in total. The summed E-state index contributed by atoms with van der Waals surface area (Å²) in [5, 5.41) is 2.80. The van der Waals surface area contributed by atoms with Crippen LogP contribution in [-0.4, -0.2) is 31.4 Å². The minimum atomic E-state index is -3.05. The number of sulfone groups is 1. The Hall–Kier alpha value is -1.56. The topological polar surface area (TPSA) is 89.3 Å². The number of carbonyl (C=O) groups excluding carboxylic acids is 1. The molecule has 0 aromatic heterocycles. The van der Waals surface area contributed by atoms with Gasteiger partial charge in [0.15, 0.2) is 9.84 Å². The summed E-state index contributed by atoms with van der Waals surface area (Å²) in [6.45, 7) is 3.58. The number of para-hydroxylation sites is 1. The largest absolute Gasteiger partial charge is 0.398 e. The Balaban J connectivity index is 2.21. The number of nitrogens with two attached hydrogens (primary N) is 1. The molecule has 1 aliphatic heterocycles. The molecule has 5 nitrogen and oxygen atoms in total. The molecule has 0 saturated carbocycles. The van der Waals surface area contributed by atoms with Gasteiger partial charge in [0.1, 0.15) is 0 Å². The van der Waals surface area contributed by atoms with E-state index in [0.717, 1.165) is 5.56 Å². The Morgan fingerprint density at radius 2 is 2.11 bits per heavy atom. The molecule has 1 saturated heterocycles. The summed E-state index contributed by atoms with van der Waals surface area (Å²) in [5.41, 5.74) is 6.83. The van der Waals surface area contributed by atoms with Crippen LogP contribution < -0.4 is 11.1 Å². The average Bonchev–Trinajstić information content (AvgIpc) is 2.56. The molecule has 1 aromatic carbocycles. The zero-order chi connectivity index (χ0) is 14.3. The molecular weight excluding hydrogens is 264 g/mol. The number of aryl methyl sites for hydroxylation is 1. The minimum absolute atomic E-state index is 0.0164. The number of carbonyl (C=O) groups is 1. The average molecular weight is 282 g/mol. The normalized spacial score (nSPS) is 25.2. The van der Waals surface area contributed by atoms with Crippen LogP contribution in [0, 0.1) is 6.92 Å². The van der Waals surface area contributed by atoms with Crippen molar-refractivity contribution in [1.29, 1.82) is 0 Å². The summed E-state index contributed by atoms with van der Waals surface area (Å²) >= 11 is 0. The Morgan fingerprint density at radius 1 is 1.42 bits per heavy atom. The van der Waals surface area contributed by atoms with Crippen molar-refractivity contribution in [2.24, 2.45) is 0 Å². The summed E-state index contributed by atoms with van der Waals surface area (Å²) in [5.74, 6) is -0.217. The zero-order valence-electron chi connectivity index (χ0n) is 11.1. The van der Waals surface area contributed by atoms with Crippen molar-refractivity contribution in [1.82, 2.24) is 5.32 Å². The van der Waals surface area contributed by atoms with Gasteiger partial charge in [-0.1, -0.05) is 12.1 Å². The maximum Gasteiger partial charge on any atom is 0.253 e. The predicted molar refractivity (Wildman–Crippen MR) is 74.7 cm³/mol. The minimum Gasteiger partial charge on any atom is -0.398 e. The second kappa shape index (κ2) is 4.52. The van der Waals surface area contributed by atoms with Crippen LogP contribution in [-0.2, 0) is 9.84 Å². The van der Waals surface area contributed by atoms with Crippen molar-refractivity contribution in [2.45, 2.75) is 25.8 Å². The van der Waals surface area contributed by atoms with E-state index in [2.05, 4.69) is 5.32 Å². The van der Waals surface area contributed by atoms with Crippen LogP contribution >= 0.6 is 0 Å². The highest BCUT2D eigenvalue weighted by Crippen LogP contribution is 2.24. The molecule has 0 radical (unpaired) electrons. The molecule has 1 fully saturated rings. The summed E-state index contributed by atoms with van der Waals surface area (Å²) in [6.07, 6.45) is 0.437. The van der Waals surface area contributed by atoms with Crippen molar-refractivity contribution in [3.05, 3.63) is 29.3 Å². The summed E-state index contributed by atoms with van der Waals surface area (Å²) in [4.78, 5) is 12.2. The molecule has 1 amide bonds. The Kier molecular flexibility index (Phi) is 3.30. The summed E-state index contributed by atoms with van der Waals surface area (Å²) in [6, 6.07) is 5.23. The number of hydrogen-bond acceptors (Lipinski definition) is 4. The van der Waals surface area contributed by atoms with Crippen molar-refractivity contribution in [3.63, 3.8) is 0 Å². The maximum absolute atomic E-state index is 12.2. The number of rotatable bonds is 2. The fraction of sp³-hybridized carbons (Fsp3) is 0.462. The highest BCUT2D eigenvalue weighted by atomic mass is 32.2. The molecule has 1 heterocycles. The quantitative estimate of drug-likeness (QED) is 0.788. The van der Waals surface area contributed by atoms with Gasteiger partial charge in [0.25, 0.3) is 5.91 Å². The van der Waals surface area contributed by atoms with Gasteiger partial charge in [0, 0.05) is 5.69 Å². The molecule has 6 heteroatoms. The highest BCUT2D eigenvalue weighted by Gasteiger charge is 2.39. The molecule has 104 valence electrons.